The van der Waals surface area contributed by atoms with Crippen LogP contribution in [0.4, 0.5) is 16.0 Å². The summed E-state index contributed by atoms with van der Waals surface area (Å²) >= 11 is 0. The number of ether oxygens (including phenoxy) is 1. The van der Waals surface area contributed by atoms with Gasteiger partial charge in [-0.15, -0.1) is 0 Å². The highest BCUT2D eigenvalue weighted by atomic mass is 19.1. The van der Waals surface area contributed by atoms with E-state index in [0.717, 1.165) is 24.1 Å². The van der Waals surface area contributed by atoms with Gasteiger partial charge in [0.15, 0.2) is 11.6 Å². The Morgan fingerprint density at radius 3 is 2.88 bits per heavy atom. The van der Waals surface area contributed by atoms with Gasteiger partial charge in [-0.1, -0.05) is 0 Å². The van der Waals surface area contributed by atoms with Gasteiger partial charge in [-0.05, 0) is 36.6 Å². The van der Waals surface area contributed by atoms with Crippen LogP contribution in [0, 0.1) is 5.82 Å². The molecule has 0 radical (unpaired) electrons. The molecule has 1 aliphatic carbocycles. The van der Waals surface area contributed by atoms with Gasteiger partial charge in [-0.3, -0.25) is 9.48 Å². The van der Waals surface area contributed by atoms with Crippen LogP contribution in [0.2, 0.25) is 0 Å². The molecular weight excluding hydrogens is 425 g/mol. The molecule has 2 aromatic heterocycles. The Morgan fingerprint density at radius 2 is 2.06 bits per heavy atom. The monoisotopic (exact) mass is 449 g/mol. The lowest BCUT2D eigenvalue weighted by Gasteiger charge is -2.38. The van der Waals surface area contributed by atoms with E-state index in [1.54, 1.807) is 16.9 Å². The van der Waals surface area contributed by atoms with Crippen molar-refractivity contribution in [2.75, 3.05) is 30.4 Å². The van der Waals surface area contributed by atoms with E-state index in [1.165, 1.54) is 12.1 Å². The average molecular weight is 449 g/mol. The molecule has 9 nitrogen and oxygen atoms in total. The van der Waals surface area contributed by atoms with Crippen LogP contribution >= 0.6 is 0 Å². The van der Waals surface area contributed by atoms with Crippen molar-refractivity contribution < 1.29 is 13.9 Å². The van der Waals surface area contributed by atoms with E-state index >= 15 is 0 Å². The lowest BCUT2D eigenvalue weighted by atomic mass is 9.96. The maximum atomic E-state index is 14.5. The third kappa shape index (κ3) is 3.41. The molecule has 10 heteroatoms. The van der Waals surface area contributed by atoms with Crippen LogP contribution < -0.4 is 10.6 Å². The molecule has 6 rings (SSSR count). The molecule has 1 atom stereocenters. The van der Waals surface area contributed by atoms with Crippen LogP contribution in [0.25, 0.3) is 11.3 Å². The Kier molecular flexibility index (Phi) is 4.58. The van der Waals surface area contributed by atoms with Gasteiger partial charge in [0.25, 0.3) is 5.91 Å². The summed E-state index contributed by atoms with van der Waals surface area (Å²) in [5.41, 5.74) is 9.49. The molecule has 170 valence electrons. The maximum absolute atomic E-state index is 14.5. The minimum Gasteiger partial charge on any atom is -0.381 e. The normalized spacial score (nSPS) is 20.4. The fourth-order valence-electron chi connectivity index (χ4n) is 4.78. The Labute approximate surface area is 190 Å². The number of morpholine rings is 1. The van der Waals surface area contributed by atoms with Gasteiger partial charge in [0.2, 0.25) is 0 Å². The number of aromatic nitrogens is 4. The quantitative estimate of drug-likeness (QED) is 0.608. The van der Waals surface area contributed by atoms with Crippen molar-refractivity contribution in [3.05, 3.63) is 53.2 Å². The predicted octanol–water partition coefficient (Wildman–Crippen LogP) is 2.29. The van der Waals surface area contributed by atoms with Gasteiger partial charge in [0.05, 0.1) is 43.4 Å². The number of hydrogen-bond acceptors (Lipinski definition) is 7. The van der Waals surface area contributed by atoms with Crippen molar-refractivity contribution in [3.8, 4) is 11.3 Å². The highest BCUT2D eigenvalue weighted by Gasteiger charge is 2.38. The summed E-state index contributed by atoms with van der Waals surface area (Å²) in [5, 5.41) is 4.63. The topological polar surface area (TPSA) is 102 Å². The van der Waals surface area contributed by atoms with Crippen LogP contribution in [-0.4, -0.2) is 56.4 Å². The number of carbonyl (C=O) groups is 1. The molecule has 2 aliphatic heterocycles. The Hall–Kier alpha value is -3.53. The van der Waals surface area contributed by atoms with Crippen LogP contribution in [0.3, 0.4) is 0 Å². The second kappa shape index (κ2) is 7.51. The second-order valence-corrected chi connectivity index (χ2v) is 8.81. The Morgan fingerprint density at radius 1 is 1.21 bits per heavy atom. The summed E-state index contributed by atoms with van der Waals surface area (Å²) in [6.45, 7) is 1.58. The van der Waals surface area contributed by atoms with E-state index in [0.29, 0.717) is 42.3 Å². The lowest BCUT2D eigenvalue weighted by molar-refractivity contribution is 0.0718. The van der Waals surface area contributed by atoms with Crippen LogP contribution in [0.1, 0.15) is 40.5 Å². The molecule has 1 amide bonds. The molecule has 2 bridgehead atoms. The fraction of sp³-hybridized carbons (Fsp3) is 0.391. The summed E-state index contributed by atoms with van der Waals surface area (Å²) in [7, 11) is 1.84. The highest BCUT2D eigenvalue weighted by Crippen LogP contribution is 2.38. The minimum atomic E-state index is -0.422. The zero-order valence-corrected chi connectivity index (χ0v) is 18.2. The largest absolute Gasteiger partial charge is 0.381 e. The lowest BCUT2D eigenvalue weighted by Crippen LogP contribution is -2.42. The molecule has 0 unspecified atom stereocenters. The summed E-state index contributed by atoms with van der Waals surface area (Å²) in [4.78, 5) is 27.0. The number of fused-ring (bicyclic) bond motifs is 8. The summed E-state index contributed by atoms with van der Waals surface area (Å²) in [5.74, 6) is 0.241. The molecule has 33 heavy (non-hydrogen) atoms. The van der Waals surface area contributed by atoms with Crippen LogP contribution in [-0.2, 0) is 18.3 Å². The average Bonchev–Trinajstić information content (AvgIpc) is 3.59. The van der Waals surface area contributed by atoms with Crippen molar-refractivity contribution >= 4 is 17.5 Å². The van der Waals surface area contributed by atoms with E-state index in [9.17, 15) is 9.18 Å². The summed E-state index contributed by atoms with van der Waals surface area (Å²) < 4.78 is 21.9. The molecule has 1 saturated carbocycles. The molecular formula is C23H24FN7O2. The van der Waals surface area contributed by atoms with Crippen molar-refractivity contribution in [2.45, 2.75) is 31.5 Å². The van der Waals surface area contributed by atoms with Gasteiger partial charge in [-0.25, -0.2) is 14.4 Å². The van der Waals surface area contributed by atoms with Crippen molar-refractivity contribution in [2.24, 2.45) is 7.05 Å². The van der Waals surface area contributed by atoms with Crippen molar-refractivity contribution in [3.63, 3.8) is 0 Å². The number of aryl methyl sites for hydroxylation is 1. The van der Waals surface area contributed by atoms with Gasteiger partial charge < -0.3 is 20.3 Å². The zero-order valence-electron chi connectivity index (χ0n) is 18.2. The molecule has 1 saturated heterocycles. The first kappa shape index (κ1) is 20.1. The maximum Gasteiger partial charge on any atom is 0.254 e. The number of anilines is 2. The second-order valence-electron chi connectivity index (χ2n) is 8.81. The minimum absolute atomic E-state index is 0.127. The van der Waals surface area contributed by atoms with Crippen molar-refractivity contribution in [1.82, 2.24) is 24.6 Å². The van der Waals surface area contributed by atoms with Crippen LogP contribution in [0.5, 0.6) is 0 Å². The van der Waals surface area contributed by atoms with Gasteiger partial charge in [0, 0.05) is 37.0 Å². The number of nitrogens with two attached hydrogens (primary N) is 1. The Bertz CT molecular complexity index is 1260. The van der Waals surface area contributed by atoms with E-state index in [-0.39, 0.29) is 24.4 Å². The van der Waals surface area contributed by atoms with Gasteiger partial charge in [-0.2, -0.15) is 5.10 Å². The number of halogens is 1. The third-order valence-corrected chi connectivity index (χ3v) is 6.53. The summed E-state index contributed by atoms with van der Waals surface area (Å²) in [6, 6.07) is 4.05. The fourth-order valence-corrected chi connectivity index (χ4v) is 4.78. The molecule has 4 heterocycles. The molecule has 3 aromatic rings. The van der Waals surface area contributed by atoms with Crippen molar-refractivity contribution in [1.29, 1.82) is 0 Å². The smallest absolute Gasteiger partial charge is 0.254 e. The molecule has 0 spiro atoms. The van der Waals surface area contributed by atoms with E-state index < -0.39 is 11.9 Å². The first-order chi connectivity index (χ1) is 16.0. The molecule has 3 aliphatic rings. The molecule has 2 N–H and O–H groups in total. The zero-order chi connectivity index (χ0) is 22.7. The summed E-state index contributed by atoms with van der Waals surface area (Å²) in [6.07, 6.45) is 5.40. The van der Waals surface area contributed by atoms with Gasteiger partial charge in [0.1, 0.15) is 5.82 Å². The molecule has 1 aromatic carbocycles. The number of nitrogens with zero attached hydrogens (tertiary/aromatic N) is 6. The standard InChI is InChI=1S/C23H24FN7O2/c1-29-10-17-18-9-26-21(25)22(27-18)30-6-7-33-12-20(30)16-8-13(24)2-5-15(16)23(32)31(14-3-4-14)11-19(17)28-29/h2,5,8-10,14,20H,3-4,6-7,11-12H2,1H3,(H2,25,26)/t20-/m1/s1. The van der Waals surface area contributed by atoms with E-state index in [1.807, 2.05) is 23.0 Å². The van der Waals surface area contributed by atoms with E-state index in [2.05, 4.69) is 10.1 Å². The number of rotatable bonds is 1. The number of amides is 1. The van der Waals surface area contributed by atoms with E-state index in [4.69, 9.17) is 15.5 Å². The number of carbonyl (C=O) groups excluding carboxylic acids is 1. The third-order valence-electron chi connectivity index (χ3n) is 6.53. The highest BCUT2D eigenvalue weighted by molar-refractivity contribution is 5.96. The predicted molar refractivity (Wildman–Crippen MR) is 119 cm³/mol. The number of nitrogen functional groups attached to an aromatic ring is 1. The first-order valence-electron chi connectivity index (χ1n) is 11.1. The Balaban J connectivity index is 1.61. The number of hydrogen-bond donors (Lipinski definition) is 1. The van der Waals surface area contributed by atoms with Gasteiger partial charge >= 0.3 is 0 Å². The number of benzene rings is 1. The van der Waals surface area contributed by atoms with Crippen LogP contribution in [0.15, 0.2) is 30.6 Å². The SMILES string of the molecule is Cn1cc2c(n1)CN(C1CC1)C(=O)c1ccc(F)cc1[C@H]1COCCN1c1nc-2cnc1N. The molecule has 2 fully saturated rings. The first-order valence-corrected chi connectivity index (χ1v) is 11.1.